The Morgan fingerprint density at radius 3 is 3.05 bits per heavy atom. The van der Waals surface area contributed by atoms with Crippen molar-refractivity contribution in [3.8, 4) is 0 Å². The van der Waals surface area contributed by atoms with Gasteiger partial charge in [-0.25, -0.2) is 4.98 Å². The average molecular weight is 266 g/mol. The summed E-state index contributed by atoms with van der Waals surface area (Å²) in [6, 6.07) is 0.175. The van der Waals surface area contributed by atoms with E-state index in [9.17, 15) is 0 Å². The van der Waals surface area contributed by atoms with Gasteiger partial charge < -0.3 is 19.5 Å². The summed E-state index contributed by atoms with van der Waals surface area (Å²) in [4.78, 5) is 6.88. The third-order valence-corrected chi connectivity index (χ3v) is 3.58. The van der Waals surface area contributed by atoms with Gasteiger partial charge in [0.05, 0.1) is 18.8 Å². The third kappa shape index (κ3) is 3.55. The molecule has 1 aliphatic heterocycles. The first-order valence-electron chi connectivity index (χ1n) is 7.30. The summed E-state index contributed by atoms with van der Waals surface area (Å²) >= 11 is 0. The largest absolute Gasteiger partial charge is 0.373 e. The highest BCUT2D eigenvalue weighted by Crippen LogP contribution is 2.21. The number of ether oxygens (including phenoxy) is 1. The number of aromatic nitrogens is 2. The Labute approximate surface area is 116 Å². The zero-order valence-corrected chi connectivity index (χ0v) is 12.3. The van der Waals surface area contributed by atoms with E-state index in [0.717, 1.165) is 45.0 Å². The van der Waals surface area contributed by atoms with Gasteiger partial charge in [0.15, 0.2) is 0 Å². The molecule has 1 aromatic rings. The van der Waals surface area contributed by atoms with Crippen LogP contribution in [0, 0.1) is 0 Å². The number of imidazole rings is 1. The highest BCUT2D eigenvalue weighted by molar-refractivity contribution is 5.03. The molecule has 5 heteroatoms. The van der Waals surface area contributed by atoms with Crippen molar-refractivity contribution in [1.82, 2.24) is 19.8 Å². The van der Waals surface area contributed by atoms with Crippen molar-refractivity contribution in [2.45, 2.75) is 39.0 Å². The minimum Gasteiger partial charge on any atom is -0.373 e. The van der Waals surface area contributed by atoms with Gasteiger partial charge in [0.1, 0.15) is 5.82 Å². The van der Waals surface area contributed by atoms with Crippen molar-refractivity contribution in [1.29, 1.82) is 0 Å². The van der Waals surface area contributed by atoms with Gasteiger partial charge in [-0.3, -0.25) is 0 Å². The predicted molar refractivity (Wildman–Crippen MR) is 76.2 cm³/mol. The van der Waals surface area contributed by atoms with Crippen LogP contribution in [0.4, 0.5) is 0 Å². The normalized spacial score (nSPS) is 22.6. The van der Waals surface area contributed by atoms with E-state index in [0.29, 0.717) is 0 Å². The van der Waals surface area contributed by atoms with Crippen molar-refractivity contribution in [3.63, 3.8) is 0 Å². The molecule has 0 radical (unpaired) electrons. The Morgan fingerprint density at radius 1 is 1.53 bits per heavy atom. The lowest BCUT2D eigenvalue weighted by molar-refractivity contribution is -0.0410. The molecule has 0 aromatic carbocycles. The van der Waals surface area contributed by atoms with Gasteiger partial charge in [-0.2, -0.15) is 0 Å². The van der Waals surface area contributed by atoms with Crippen LogP contribution in [0.2, 0.25) is 0 Å². The first-order chi connectivity index (χ1) is 9.26. The van der Waals surface area contributed by atoms with Crippen LogP contribution in [0.1, 0.15) is 32.1 Å². The molecule has 2 heterocycles. The molecule has 0 bridgehead atoms. The Morgan fingerprint density at radius 2 is 2.37 bits per heavy atom. The number of aryl methyl sites for hydroxylation is 1. The van der Waals surface area contributed by atoms with Crippen molar-refractivity contribution < 1.29 is 4.74 Å². The fraction of sp³-hybridized carbons (Fsp3) is 0.786. The second-order valence-corrected chi connectivity index (χ2v) is 5.19. The van der Waals surface area contributed by atoms with Gasteiger partial charge in [0.2, 0.25) is 0 Å². The maximum Gasteiger partial charge on any atom is 0.128 e. The van der Waals surface area contributed by atoms with Crippen molar-refractivity contribution >= 4 is 0 Å². The quantitative estimate of drug-likeness (QED) is 0.842. The predicted octanol–water partition coefficient (Wildman–Crippen LogP) is 1.27. The Balaban J connectivity index is 2.16. The van der Waals surface area contributed by atoms with Gasteiger partial charge in [-0.05, 0) is 20.0 Å². The number of hydrogen-bond donors (Lipinski definition) is 1. The molecule has 0 saturated carbocycles. The SMILES string of the molecule is CCCn1ccnc1C(NCC)C1CN(C)CCO1. The molecule has 2 atom stereocenters. The Hall–Kier alpha value is -0.910. The minimum atomic E-state index is 0.175. The number of hydrogen-bond acceptors (Lipinski definition) is 4. The minimum absolute atomic E-state index is 0.175. The number of morpholine rings is 1. The van der Waals surface area contributed by atoms with E-state index >= 15 is 0 Å². The van der Waals surface area contributed by atoms with Crippen molar-refractivity contribution in [3.05, 3.63) is 18.2 Å². The van der Waals surface area contributed by atoms with Crippen LogP contribution in [0.15, 0.2) is 12.4 Å². The van der Waals surface area contributed by atoms with Crippen molar-refractivity contribution in [2.75, 3.05) is 33.3 Å². The molecule has 2 rings (SSSR count). The molecule has 1 aliphatic rings. The molecule has 1 saturated heterocycles. The lowest BCUT2D eigenvalue weighted by atomic mass is 10.1. The average Bonchev–Trinajstić information content (AvgIpc) is 2.84. The second kappa shape index (κ2) is 7.03. The van der Waals surface area contributed by atoms with E-state index in [1.807, 2.05) is 6.20 Å². The Kier molecular flexibility index (Phi) is 5.36. The van der Waals surface area contributed by atoms with Crippen LogP contribution < -0.4 is 5.32 Å². The standard InChI is InChI=1S/C14H26N4O/c1-4-7-18-8-6-16-14(18)13(15-5-2)12-11-17(3)9-10-19-12/h6,8,12-13,15H,4-5,7,9-11H2,1-3H3. The molecule has 19 heavy (non-hydrogen) atoms. The number of rotatable bonds is 6. The molecule has 5 nitrogen and oxygen atoms in total. The molecular weight excluding hydrogens is 240 g/mol. The molecule has 2 unspecified atom stereocenters. The zero-order chi connectivity index (χ0) is 13.7. The van der Waals surface area contributed by atoms with Crippen LogP contribution in [-0.2, 0) is 11.3 Å². The fourth-order valence-electron chi connectivity index (χ4n) is 2.65. The van der Waals surface area contributed by atoms with Gasteiger partial charge >= 0.3 is 0 Å². The van der Waals surface area contributed by atoms with Gasteiger partial charge in [0.25, 0.3) is 0 Å². The van der Waals surface area contributed by atoms with E-state index in [2.05, 4.69) is 46.9 Å². The van der Waals surface area contributed by atoms with Crippen LogP contribution in [0.25, 0.3) is 0 Å². The molecule has 1 aromatic heterocycles. The zero-order valence-electron chi connectivity index (χ0n) is 12.3. The highest BCUT2D eigenvalue weighted by atomic mass is 16.5. The van der Waals surface area contributed by atoms with Gasteiger partial charge in [-0.1, -0.05) is 13.8 Å². The maximum atomic E-state index is 5.96. The van der Waals surface area contributed by atoms with E-state index in [-0.39, 0.29) is 12.1 Å². The summed E-state index contributed by atoms with van der Waals surface area (Å²) in [5.74, 6) is 1.10. The second-order valence-electron chi connectivity index (χ2n) is 5.19. The summed E-state index contributed by atoms with van der Waals surface area (Å²) in [5, 5.41) is 3.54. The third-order valence-electron chi connectivity index (χ3n) is 3.58. The van der Waals surface area contributed by atoms with Crippen LogP contribution >= 0.6 is 0 Å². The topological polar surface area (TPSA) is 42.3 Å². The first-order valence-corrected chi connectivity index (χ1v) is 7.30. The van der Waals surface area contributed by atoms with Gasteiger partial charge in [-0.15, -0.1) is 0 Å². The fourth-order valence-corrected chi connectivity index (χ4v) is 2.65. The van der Waals surface area contributed by atoms with Crippen LogP contribution in [0.5, 0.6) is 0 Å². The van der Waals surface area contributed by atoms with Crippen LogP contribution in [-0.4, -0.2) is 53.8 Å². The molecule has 108 valence electrons. The summed E-state index contributed by atoms with van der Waals surface area (Å²) in [6.45, 7) is 9.03. The number of nitrogens with one attached hydrogen (secondary N) is 1. The van der Waals surface area contributed by atoms with E-state index < -0.39 is 0 Å². The first kappa shape index (κ1) is 14.5. The summed E-state index contributed by atoms with van der Waals surface area (Å²) in [6.07, 6.45) is 5.25. The highest BCUT2D eigenvalue weighted by Gasteiger charge is 2.30. The number of likely N-dealkylation sites (N-methyl/N-ethyl adjacent to an activating group) is 2. The lowest BCUT2D eigenvalue weighted by Gasteiger charge is -2.35. The van der Waals surface area contributed by atoms with E-state index in [4.69, 9.17) is 4.74 Å². The maximum absolute atomic E-state index is 5.96. The smallest absolute Gasteiger partial charge is 0.128 e. The Bertz CT molecular complexity index is 379. The summed E-state index contributed by atoms with van der Waals surface area (Å²) in [7, 11) is 2.15. The van der Waals surface area contributed by atoms with Gasteiger partial charge in [0, 0.05) is 32.0 Å². The molecule has 0 spiro atoms. The molecule has 1 fully saturated rings. The number of nitrogens with zero attached hydrogens (tertiary/aromatic N) is 3. The summed E-state index contributed by atoms with van der Waals surface area (Å²) < 4.78 is 8.20. The lowest BCUT2D eigenvalue weighted by Crippen LogP contribution is -2.47. The molecule has 0 amide bonds. The van der Waals surface area contributed by atoms with Crippen LogP contribution in [0.3, 0.4) is 0 Å². The monoisotopic (exact) mass is 266 g/mol. The van der Waals surface area contributed by atoms with E-state index in [1.165, 1.54) is 0 Å². The molecule has 0 aliphatic carbocycles. The summed E-state index contributed by atoms with van der Waals surface area (Å²) in [5.41, 5.74) is 0. The molecular formula is C14H26N4O. The van der Waals surface area contributed by atoms with E-state index in [1.54, 1.807) is 0 Å². The molecule has 1 N–H and O–H groups in total. The van der Waals surface area contributed by atoms with Crippen molar-refractivity contribution in [2.24, 2.45) is 0 Å².